The third-order valence-electron chi connectivity index (χ3n) is 2.19. The Morgan fingerprint density at radius 2 is 2.28 bits per heavy atom. The Hall–Kier alpha value is -1.59. The average Bonchev–Trinajstić information content (AvgIpc) is 2.72. The van der Waals surface area contributed by atoms with Gasteiger partial charge in [-0.1, -0.05) is 23.2 Å². The van der Waals surface area contributed by atoms with Gasteiger partial charge in [0.25, 0.3) is 0 Å². The summed E-state index contributed by atoms with van der Waals surface area (Å²) in [5.41, 5.74) is 0.809. The van der Waals surface area contributed by atoms with Crippen LogP contribution >= 0.6 is 23.2 Å². The van der Waals surface area contributed by atoms with Crippen LogP contribution in [-0.2, 0) is 4.74 Å². The summed E-state index contributed by atoms with van der Waals surface area (Å²) < 4.78 is 4.89. The maximum atomic E-state index is 11.7. The number of pyridine rings is 1. The number of aromatic amines is 1. The summed E-state index contributed by atoms with van der Waals surface area (Å²) >= 11 is 12.0. The van der Waals surface area contributed by atoms with Crippen LogP contribution in [0.25, 0.3) is 11.3 Å². The van der Waals surface area contributed by atoms with Crippen LogP contribution in [0.2, 0.25) is 10.2 Å². The van der Waals surface area contributed by atoms with Gasteiger partial charge in [0.2, 0.25) is 0 Å². The van der Waals surface area contributed by atoms with Crippen molar-refractivity contribution in [2.45, 2.75) is 6.92 Å². The van der Waals surface area contributed by atoms with E-state index in [1.54, 1.807) is 25.3 Å². The van der Waals surface area contributed by atoms with Gasteiger partial charge >= 0.3 is 5.97 Å². The zero-order valence-corrected chi connectivity index (χ0v) is 10.9. The van der Waals surface area contributed by atoms with E-state index in [0.29, 0.717) is 16.3 Å². The molecule has 0 bridgehead atoms. The van der Waals surface area contributed by atoms with Crippen LogP contribution in [0, 0.1) is 0 Å². The smallest absolute Gasteiger partial charge is 0.359 e. The third kappa shape index (κ3) is 2.32. The van der Waals surface area contributed by atoms with E-state index in [2.05, 4.69) is 15.2 Å². The number of halogens is 2. The molecule has 0 aliphatic carbocycles. The fourth-order valence-corrected chi connectivity index (χ4v) is 1.89. The van der Waals surface area contributed by atoms with Crippen LogP contribution in [-0.4, -0.2) is 27.8 Å². The van der Waals surface area contributed by atoms with Gasteiger partial charge in [-0.2, -0.15) is 5.10 Å². The molecule has 1 N–H and O–H groups in total. The number of carbonyl (C=O) groups excluding carboxylic acids is 1. The fourth-order valence-electron chi connectivity index (χ4n) is 1.45. The zero-order chi connectivity index (χ0) is 13.1. The lowest BCUT2D eigenvalue weighted by atomic mass is 10.1. The summed E-state index contributed by atoms with van der Waals surface area (Å²) in [6.45, 7) is 1.96. The Bertz CT molecular complexity index is 583. The van der Waals surface area contributed by atoms with Crippen LogP contribution in [0.5, 0.6) is 0 Å². The second kappa shape index (κ2) is 5.37. The molecule has 2 rings (SSSR count). The largest absolute Gasteiger partial charge is 0.461 e. The highest BCUT2D eigenvalue weighted by atomic mass is 35.5. The first-order valence-corrected chi connectivity index (χ1v) is 5.92. The molecule has 0 aliphatic rings. The molecule has 0 aliphatic heterocycles. The Kier molecular flexibility index (Phi) is 3.84. The number of H-pyrrole nitrogens is 1. The molecule has 0 saturated carbocycles. The lowest BCUT2D eigenvalue weighted by Gasteiger charge is -2.04. The third-order valence-corrected chi connectivity index (χ3v) is 2.76. The molecule has 2 heterocycles. The van der Waals surface area contributed by atoms with E-state index in [1.165, 1.54) is 0 Å². The summed E-state index contributed by atoms with van der Waals surface area (Å²) in [6.07, 6.45) is 1.56. The van der Waals surface area contributed by atoms with E-state index in [9.17, 15) is 4.79 Å². The van der Waals surface area contributed by atoms with E-state index in [1.807, 2.05) is 0 Å². The maximum absolute atomic E-state index is 11.7. The molecule has 5 nitrogen and oxygen atoms in total. The van der Waals surface area contributed by atoms with Crippen LogP contribution in [0.1, 0.15) is 17.4 Å². The van der Waals surface area contributed by atoms with E-state index in [0.717, 1.165) is 0 Å². The number of nitrogens with one attached hydrogen (secondary N) is 1. The SMILES string of the molecule is CCOC(=O)c1n[nH]c(Cl)c1-c1ncccc1Cl. The summed E-state index contributed by atoms with van der Waals surface area (Å²) in [7, 11) is 0. The number of ether oxygens (including phenoxy) is 1. The van der Waals surface area contributed by atoms with Gasteiger partial charge in [0, 0.05) is 6.20 Å². The highest BCUT2D eigenvalue weighted by Crippen LogP contribution is 2.32. The molecular formula is C11H9Cl2N3O2. The average molecular weight is 286 g/mol. The molecule has 0 saturated heterocycles. The molecule has 18 heavy (non-hydrogen) atoms. The number of hydrogen-bond donors (Lipinski definition) is 1. The Balaban J connectivity index is 2.54. The van der Waals surface area contributed by atoms with Crippen molar-refractivity contribution in [3.8, 4) is 11.3 Å². The predicted octanol–water partition coefficient (Wildman–Crippen LogP) is 2.96. The Morgan fingerprint density at radius 3 is 2.94 bits per heavy atom. The van der Waals surface area contributed by atoms with Crippen molar-refractivity contribution in [3.63, 3.8) is 0 Å². The van der Waals surface area contributed by atoms with Gasteiger partial charge in [-0.05, 0) is 19.1 Å². The van der Waals surface area contributed by atoms with Crippen LogP contribution in [0.3, 0.4) is 0 Å². The second-order valence-electron chi connectivity index (χ2n) is 3.32. The van der Waals surface area contributed by atoms with E-state index in [4.69, 9.17) is 27.9 Å². The Morgan fingerprint density at radius 1 is 1.50 bits per heavy atom. The number of hydrogen-bond acceptors (Lipinski definition) is 4. The number of nitrogens with zero attached hydrogens (tertiary/aromatic N) is 2. The van der Waals surface area contributed by atoms with E-state index >= 15 is 0 Å². The van der Waals surface area contributed by atoms with Gasteiger partial charge in [0.1, 0.15) is 5.15 Å². The van der Waals surface area contributed by atoms with Gasteiger partial charge < -0.3 is 4.74 Å². The topological polar surface area (TPSA) is 67.9 Å². The van der Waals surface area contributed by atoms with Crippen molar-refractivity contribution < 1.29 is 9.53 Å². The Labute approximate surface area is 113 Å². The first kappa shape index (κ1) is 12.9. The van der Waals surface area contributed by atoms with Gasteiger partial charge in [-0.15, -0.1) is 0 Å². The summed E-state index contributed by atoms with van der Waals surface area (Å²) in [4.78, 5) is 15.8. The van der Waals surface area contributed by atoms with Crippen molar-refractivity contribution in [1.82, 2.24) is 15.2 Å². The molecule has 0 atom stereocenters. The van der Waals surface area contributed by atoms with Crippen LogP contribution < -0.4 is 0 Å². The minimum atomic E-state index is -0.572. The molecule has 0 radical (unpaired) electrons. The van der Waals surface area contributed by atoms with Crippen molar-refractivity contribution in [2.24, 2.45) is 0 Å². The number of carbonyl (C=O) groups is 1. The van der Waals surface area contributed by atoms with E-state index < -0.39 is 5.97 Å². The molecule has 2 aromatic rings. The number of rotatable bonds is 3. The highest BCUT2D eigenvalue weighted by Gasteiger charge is 2.23. The molecular weight excluding hydrogens is 277 g/mol. The summed E-state index contributed by atoms with van der Waals surface area (Å²) in [5, 5.41) is 6.91. The minimum Gasteiger partial charge on any atom is -0.461 e. The quantitative estimate of drug-likeness (QED) is 0.881. The normalized spacial score (nSPS) is 10.4. The lowest BCUT2D eigenvalue weighted by Crippen LogP contribution is -2.07. The highest BCUT2D eigenvalue weighted by molar-refractivity contribution is 6.36. The van der Waals surface area contributed by atoms with Crippen molar-refractivity contribution >= 4 is 29.2 Å². The number of aromatic nitrogens is 3. The molecule has 2 aromatic heterocycles. The van der Waals surface area contributed by atoms with Gasteiger partial charge in [-0.25, -0.2) is 4.79 Å². The van der Waals surface area contributed by atoms with Gasteiger partial charge in [0.05, 0.1) is 22.9 Å². The summed E-state index contributed by atoms with van der Waals surface area (Å²) in [6, 6.07) is 3.34. The van der Waals surface area contributed by atoms with Crippen molar-refractivity contribution in [3.05, 3.63) is 34.2 Å². The van der Waals surface area contributed by atoms with Crippen LogP contribution in [0.4, 0.5) is 0 Å². The van der Waals surface area contributed by atoms with Gasteiger partial charge in [-0.3, -0.25) is 10.1 Å². The number of esters is 1. The predicted molar refractivity (Wildman–Crippen MR) is 67.8 cm³/mol. The van der Waals surface area contributed by atoms with Crippen molar-refractivity contribution in [2.75, 3.05) is 6.61 Å². The molecule has 0 amide bonds. The van der Waals surface area contributed by atoms with Crippen LogP contribution in [0.15, 0.2) is 18.3 Å². The van der Waals surface area contributed by atoms with E-state index in [-0.39, 0.29) is 17.5 Å². The first-order valence-electron chi connectivity index (χ1n) is 5.17. The molecule has 7 heteroatoms. The molecule has 0 aromatic carbocycles. The maximum Gasteiger partial charge on any atom is 0.359 e. The zero-order valence-electron chi connectivity index (χ0n) is 9.41. The molecule has 0 spiro atoms. The van der Waals surface area contributed by atoms with Crippen molar-refractivity contribution in [1.29, 1.82) is 0 Å². The molecule has 0 unspecified atom stereocenters. The fraction of sp³-hybridized carbons (Fsp3) is 0.182. The minimum absolute atomic E-state index is 0.0717. The summed E-state index contributed by atoms with van der Waals surface area (Å²) in [5.74, 6) is -0.572. The monoisotopic (exact) mass is 285 g/mol. The second-order valence-corrected chi connectivity index (χ2v) is 4.10. The molecule has 0 fully saturated rings. The van der Waals surface area contributed by atoms with Gasteiger partial charge in [0.15, 0.2) is 5.69 Å². The standard InChI is InChI=1S/C11H9Cl2N3O2/c1-2-18-11(17)9-7(10(13)16-15-9)8-6(12)4-3-5-14-8/h3-5H,2H2,1H3,(H,15,16). The lowest BCUT2D eigenvalue weighted by molar-refractivity contribution is 0.0520. The molecule has 94 valence electrons. The first-order chi connectivity index (χ1) is 8.65.